The number of nitrogens with one attached hydrogen (secondary N) is 1. The zero-order valence-corrected chi connectivity index (χ0v) is 21.6. The highest BCUT2D eigenvalue weighted by molar-refractivity contribution is 6.47. The number of carboxylic acids is 1. The fraction of sp³-hybridized carbons (Fsp3) is 0.407. The van der Waals surface area contributed by atoms with E-state index in [9.17, 15) is 14.4 Å². The summed E-state index contributed by atoms with van der Waals surface area (Å²) in [6, 6.07) is 12.1. The third-order valence-electron chi connectivity index (χ3n) is 6.79. The van der Waals surface area contributed by atoms with Gasteiger partial charge in [0.2, 0.25) is 0 Å². The van der Waals surface area contributed by atoms with Crippen molar-refractivity contribution in [2.45, 2.75) is 63.6 Å². The van der Waals surface area contributed by atoms with Crippen molar-refractivity contribution in [3.05, 3.63) is 69.2 Å². The fourth-order valence-corrected chi connectivity index (χ4v) is 5.70. The number of hydrogen-bond donors (Lipinski definition) is 2. The smallest absolute Gasteiger partial charge is 0.305 e. The van der Waals surface area contributed by atoms with Crippen LogP contribution in [0, 0.1) is 0 Å². The van der Waals surface area contributed by atoms with E-state index in [-0.39, 0.29) is 30.8 Å². The van der Waals surface area contributed by atoms with E-state index in [1.165, 1.54) is 0 Å². The van der Waals surface area contributed by atoms with Crippen molar-refractivity contribution in [3.63, 3.8) is 0 Å². The Bertz CT molecular complexity index is 1170. The molecule has 1 fully saturated rings. The Morgan fingerprint density at radius 1 is 1.11 bits per heavy atom. The topological polar surface area (TPSA) is 99.1 Å². The van der Waals surface area contributed by atoms with Gasteiger partial charge in [0.15, 0.2) is 0 Å². The lowest BCUT2D eigenvalue weighted by molar-refractivity contribution is -0.137. The van der Waals surface area contributed by atoms with Crippen LogP contribution in [0.1, 0.15) is 79.4 Å². The number of halogens is 2. The van der Waals surface area contributed by atoms with E-state index in [1.807, 2.05) is 17.0 Å². The summed E-state index contributed by atoms with van der Waals surface area (Å²) in [5.74, 6) is -1.43. The minimum atomic E-state index is -0.967. The fourth-order valence-electron chi connectivity index (χ4n) is 5.18. The SMILES string of the molecule is CCC[C@H](c1ccc(C(=O)NCCC(=O)O)cc1)N1C(=O)C(c2cc(Cl)cc(Cl)c2)=NC12CCCC2. The summed E-state index contributed by atoms with van der Waals surface area (Å²) >= 11 is 12.5. The van der Waals surface area contributed by atoms with Crippen LogP contribution in [0.15, 0.2) is 47.5 Å². The molecule has 2 aromatic carbocycles. The van der Waals surface area contributed by atoms with E-state index in [0.717, 1.165) is 44.1 Å². The molecule has 0 saturated heterocycles. The second kappa shape index (κ2) is 11.0. The minimum absolute atomic E-state index is 0.0623. The zero-order valence-electron chi connectivity index (χ0n) is 20.1. The van der Waals surface area contributed by atoms with Gasteiger partial charge in [0.1, 0.15) is 11.4 Å². The maximum absolute atomic E-state index is 13.9. The first-order chi connectivity index (χ1) is 17.2. The number of hydrogen-bond acceptors (Lipinski definition) is 4. The molecule has 0 unspecified atom stereocenters. The summed E-state index contributed by atoms with van der Waals surface area (Å²) in [6.45, 7) is 2.14. The van der Waals surface area contributed by atoms with Gasteiger partial charge >= 0.3 is 5.97 Å². The van der Waals surface area contributed by atoms with Crippen molar-refractivity contribution >= 4 is 46.7 Å². The predicted molar refractivity (Wildman–Crippen MR) is 140 cm³/mol. The molecule has 1 heterocycles. The maximum atomic E-state index is 13.9. The van der Waals surface area contributed by atoms with Crippen molar-refractivity contribution < 1.29 is 19.5 Å². The third kappa shape index (κ3) is 5.42. The number of benzene rings is 2. The molecule has 0 bridgehead atoms. The van der Waals surface area contributed by atoms with Gasteiger partial charge in [0.05, 0.1) is 12.5 Å². The number of carbonyl (C=O) groups excluding carboxylic acids is 2. The van der Waals surface area contributed by atoms with Gasteiger partial charge in [-0.05, 0) is 68.0 Å². The quantitative estimate of drug-likeness (QED) is 0.438. The number of aliphatic carboxylic acids is 1. The van der Waals surface area contributed by atoms with Crippen molar-refractivity contribution in [1.82, 2.24) is 10.2 Å². The summed E-state index contributed by atoms with van der Waals surface area (Å²) < 4.78 is 0. The molecule has 1 aliphatic carbocycles. The number of carboxylic acid groups (broad SMARTS) is 1. The van der Waals surface area contributed by atoms with Crippen LogP contribution in [-0.4, -0.2) is 45.7 Å². The van der Waals surface area contributed by atoms with Crippen molar-refractivity contribution in [2.75, 3.05) is 6.54 Å². The summed E-state index contributed by atoms with van der Waals surface area (Å²) in [7, 11) is 0. The molecule has 4 rings (SSSR count). The molecule has 2 N–H and O–H groups in total. The van der Waals surface area contributed by atoms with Crippen LogP contribution in [0.25, 0.3) is 0 Å². The molecule has 2 aromatic rings. The monoisotopic (exact) mass is 529 g/mol. The van der Waals surface area contributed by atoms with E-state index < -0.39 is 11.6 Å². The van der Waals surface area contributed by atoms with Crippen LogP contribution in [0.3, 0.4) is 0 Å². The van der Waals surface area contributed by atoms with Crippen LogP contribution in [0.5, 0.6) is 0 Å². The number of rotatable bonds is 9. The van der Waals surface area contributed by atoms with Crippen LogP contribution < -0.4 is 5.32 Å². The standard InChI is InChI=1S/C27H29Cl2N3O4/c1-2-5-22(17-6-8-18(9-7-17)25(35)30-13-10-23(33)34)32-26(36)24(31-27(32)11-3-4-12-27)19-14-20(28)16-21(29)15-19/h6-9,14-16,22H,2-5,10-13H2,1H3,(H,30,35)(H,33,34)/t22-/m1/s1. The summed E-state index contributed by atoms with van der Waals surface area (Å²) in [6.07, 6.45) is 5.04. The zero-order chi connectivity index (χ0) is 25.9. The molecular weight excluding hydrogens is 501 g/mol. The van der Waals surface area contributed by atoms with Crippen molar-refractivity contribution in [2.24, 2.45) is 4.99 Å². The first kappa shape index (κ1) is 26.2. The minimum Gasteiger partial charge on any atom is -0.481 e. The van der Waals surface area contributed by atoms with Gasteiger partial charge in [0.25, 0.3) is 11.8 Å². The van der Waals surface area contributed by atoms with E-state index in [1.54, 1.807) is 30.3 Å². The Kier molecular flexibility index (Phi) is 8.00. The predicted octanol–water partition coefficient (Wildman–Crippen LogP) is 5.64. The van der Waals surface area contributed by atoms with E-state index >= 15 is 0 Å². The lowest BCUT2D eigenvalue weighted by atomic mass is 9.95. The first-order valence-corrected chi connectivity index (χ1v) is 13.0. The molecule has 7 nitrogen and oxygen atoms in total. The summed E-state index contributed by atoms with van der Waals surface area (Å²) in [5, 5.41) is 12.3. The molecule has 2 amide bonds. The maximum Gasteiger partial charge on any atom is 0.305 e. The van der Waals surface area contributed by atoms with Gasteiger partial charge < -0.3 is 15.3 Å². The Balaban J connectivity index is 1.64. The molecule has 0 aromatic heterocycles. The highest BCUT2D eigenvalue weighted by atomic mass is 35.5. The number of nitrogens with zero attached hydrogens (tertiary/aromatic N) is 2. The molecular formula is C27H29Cl2N3O4. The second-order valence-electron chi connectivity index (χ2n) is 9.31. The molecule has 190 valence electrons. The summed E-state index contributed by atoms with van der Waals surface area (Å²) in [5.41, 5.74) is 1.77. The second-order valence-corrected chi connectivity index (χ2v) is 10.2. The molecule has 2 aliphatic rings. The Labute approximate surface area is 220 Å². The average molecular weight is 530 g/mol. The third-order valence-corrected chi connectivity index (χ3v) is 7.22. The number of amides is 2. The molecule has 9 heteroatoms. The van der Waals surface area contributed by atoms with E-state index in [2.05, 4.69) is 12.2 Å². The Hall–Kier alpha value is -2.90. The van der Waals surface area contributed by atoms with Crippen LogP contribution >= 0.6 is 23.2 Å². The first-order valence-electron chi connectivity index (χ1n) is 12.2. The summed E-state index contributed by atoms with van der Waals surface area (Å²) in [4.78, 5) is 44.0. The lowest BCUT2D eigenvalue weighted by Crippen LogP contribution is -2.47. The Morgan fingerprint density at radius 3 is 2.33 bits per heavy atom. The van der Waals surface area contributed by atoms with Gasteiger partial charge in [0, 0.05) is 27.7 Å². The Morgan fingerprint density at radius 2 is 1.75 bits per heavy atom. The molecule has 1 aliphatic heterocycles. The largest absolute Gasteiger partial charge is 0.481 e. The van der Waals surface area contributed by atoms with Gasteiger partial charge in [-0.1, -0.05) is 48.7 Å². The molecule has 1 spiro atoms. The lowest BCUT2D eigenvalue weighted by Gasteiger charge is -2.39. The van der Waals surface area contributed by atoms with Crippen LogP contribution in [0.4, 0.5) is 0 Å². The highest BCUT2D eigenvalue weighted by Crippen LogP contribution is 2.46. The van der Waals surface area contributed by atoms with Crippen molar-refractivity contribution in [1.29, 1.82) is 0 Å². The van der Waals surface area contributed by atoms with Gasteiger partial charge in [-0.25, -0.2) is 0 Å². The molecule has 0 radical (unpaired) electrons. The number of carbonyl (C=O) groups is 3. The normalized spacial score (nSPS) is 17.4. The average Bonchev–Trinajstić information content (AvgIpc) is 3.41. The molecule has 36 heavy (non-hydrogen) atoms. The van der Waals surface area contributed by atoms with Gasteiger partial charge in [-0.15, -0.1) is 0 Å². The molecule has 1 atom stereocenters. The van der Waals surface area contributed by atoms with Crippen molar-refractivity contribution in [3.8, 4) is 0 Å². The number of aliphatic imine (C=N–C) groups is 1. The van der Waals surface area contributed by atoms with Crippen LogP contribution in [0.2, 0.25) is 10.0 Å². The molecule has 1 saturated carbocycles. The van der Waals surface area contributed by atoms with Gasteiger partial charge in [-0.2, -0.15) is 0 Å². The van der Waals surface area contributed by atoms with E-state index in [4.69, 9.17) is 33.3 Å². The van der Waals surface area contributed by atoms with Crippen LogP contribution in [-0.2, 0) is 9.59 Å². The highest BCUT2D eigenvalue weighted by Gasteiger charge is 2.51. The van der Waals surface area contributed by atoms with E-state index in [0.29, 0.717) is 26.9 Å². The van der Waals surface area contributed by atoms with Gasteiger partial charge in [-0.3, -0.25) is 19.4 Å².